The fourth-order valence-corrected chi connectivity index (χ4v) is 9.45. The Bertz CT molecular complexity index is 1340. The number of anilines is 2. The van der Waals surface area contributed by atoms with Crippen LogP contribution in [0.3, 0.4) is 0 Å². The zero-order valence-electron chi connectivity index (χ0n) is 22.3. The number of fused-ring (bicyclic) bond motifs is 2. The van der Waals surface area contributed by atoms with Gasteiger partial charge in [0.15, 0.2) is 11.8 Å². The van der Waals surface area contributed by atoms with E-state index in [1.165, 1.54) is 11.8 Å². The third-order valence-electron chi connectivity index (χ3n) is 8.07. The van der Waals surface area contributed by atoms with Crippen LogP contribution >= 0.6 is 15.9 Å². The van der Waals surface area contributed by atoms with Gasteiger partial charge in [-0.2, -0.15) is 0 Å². The van der Waals surface area contributed by atoms with Crippen molar-refractivity contribution >= 4 is 53.5 Å². The zero-order valence-corrected chi connectivity index (χ0v) is 24.9. The zero-order chi connectivity index (χ0) is 28.3. The van der Waals surface area contributed by atoms with Crippen molar-refractivity contribution in [3.63, 3.8) is 0 Å². The standard InChI is InChI=1S/C28H32BrFN2O6Si/c1-16-26(39(3,4)30)23(10-11-33)38-28(16)21-13-19(29)8-9-22(21)31(27(28)36)15-18-6-5-7-20(12-18)32-24(35)14-25(32)37-17(2)34/h5-9,12-13,16,23,25-26,33H,10-11,14-15H2,1-4H3/t16-,23+,25?,26-,28+/m1/s1. The lowest BCUT2D eigenvalue weighted by atomic mass is 9.82. The molecule has 39 heavy (non-hydrogen) atoms. The van der Waals surface area contributed by atoms with Gasteiger partial charge in [0.05, 0.1) is 24.8 Å². The molecule has 2 amide bonds. The number of rotatable bonds is 7. The van der Waals surface area contributed by atoms with Crippen molar-refractivity contribution in [3.05, 3.63) is 58.1 Å². The van der Waals surface area contributed by atoms with Crippen LogP contribution in [-0.4, -0.2) is 50.2 Å². The highest BCUT2D eigenvalue weighted by atomic mass is 79.9. The van der Waals surface area contributed by atoms with Crippen molar-refractivity contribution in [3.8, 4) is 0 Å². The fraction of sp³-hybridized carbons (Fsp3) is 0.464. The number of aliphatic hydroxyl groups is 1. The molecule has 3 heterocycles. The van der Waals surface area contributed by atoms with Crippen molar-refractivity contribution in [2.24, 2.45) is 5.92 Å². The Morgan fingerprint density at radius 1 is 1.26 bits per heavy atom. The molecule has 11 heteroatoms. The van der Waals surface area contributed by atoms with Crippen molar-refractivity contribution in [1.29, 1.82) is 0 Å². The molecule has 0 bridgehead atoms. The van der Waals surface area contributed by atoms with Gasteiger partial charge >= 0.3 is 5.97 Å². The molecule has 2 aromatic rings. The first-order valence-electron chi connectivity index (χ1n) is 13.1. The molecule has 1 N–H and O–H groups in total. The summed E-state index contributed by atoms with van der Waals surface area (Å²) >= 11 is 3.53. The number of carbonyl (C=O) groups excluding carboxylic acids is 3. The number of hydrogen-bond donors (Lipinski definition) is 1. The highest BCUT2D eigenvalue weighted by Gasteiger charge is 2.66. The maximum Gasteiger partial charge on any atom is 0.304 e. The van der Waals surface area contributed by atoms with E-state index in [4.69, 9.17) is 9.47 Å². The second-order valence-corrected chi connectivity index (χ2v) is 15.7. The summed E-state index contributed by atoms with van der Waals surface area (Å²) in [6, 6.07) is 12.8. The van der Waals surface area contributed by atoms with E-state index < -0.39 is 43.8 Å². The summed E-state index contributed by atoms with van der Waals surface area (Å²) in [5, 5.41) is 9.72. The minimum atomic E-state index is -3.28. The molecule has 1 unspecified atom stereocenters. The fourth-order valence-electron chi connectivity index (χ4n) is 6.54. The summed E-state index contributed by atoms with van der Waals surface area (Å²) in [6.07, 6.45) is -0.852. The number of ether oxygens (including phenoxy) is 2. The number of hydrogen-bond acceptors (Lipinski definition) is 6. The van der Waals surface area contributed by atoms with Gasteiger partial charge in [-0.1, -0.05) is 35.0 Å². The molecule has 2 aromatic carbocycles. The van der Waals surface area contributed by atoms with Crippen molar-refractivity contribution in [2.45, 2.75) is 69.8 Å². The molecule has 0 radical (unpaired) electrons. The number of carbonyl (C=O) groups is 3. The van der Waals surface area contributed by atoms with Crippen LogP contribution in [0.25, 0.3) is 0 Å². The third-order valence-corrected chi connectivity index (χ3v) is 11.0. The number of nitrogens with zero attached hydrogens (tertiary/aromatic N) is 2. The van der Waals surface area contributed by atoms with Crippen molar-refractivity contribution < 1.29 is 33.1 Å². The maximum atomic E-state index is 15.7. The lowest BCUT2D eigenvalue weighted by molar-refractivity contribution is -0.154. The maximum absolute atomic E-state index is 15.7. The first-order valence-corrected chi connectivity index (χ1v) is 16.8. The lowest BCUT2D eigenvalue weighted by Gasteiger charge is -2.39. The van der Waals surface area contributed by atoms with Crippen LogP contribution in [0, 0.1) is 5.92 Å². The van der Waals surface area contributed by atoms with Gasteiger partial charge in [-0.3, -0.25) is 19.3 Å². The summed E-state index contributed by atoms with van der Waals surface area (Å²) in [7, 11) is -3.28. The van der Waals surface area contributed by atoms with E-state index >= 15 is 4.11 Å². The number of aliphatic hydroxyl groups excluding tert-OH is 1. The number of halogens is 2. The van der Waals surface area contributed by atoms with Gasteiger partial charge < -0.3 is 23.6 Å². The van der Waals surface area contributed by atoms with Gasteiger partial charge in [-0.25, -0.2) is 0 Å². The number of benzene rings is 2. The number of β-lactam (4-membered cyclic amide) rings is 1. The minimum Gasteiger partial charge on any atom is -0.441 e. The molecule has 208 valence electrons. The molecule has 1 spiro atoms. The molecule has 0 aromatic heterocycles. The summed E-state index contributed by atoms with van der Waals surface area (Å²) in [5.41, 5.74) is 0.862. The second-order valence-electron chi connectivity index (χ2n) is 11.0. The topological polar surface area (TPSA) is 96.4 Å². The van der Waals surface area contributed by atoms with Crippen LogP contribution in [0.1, 0.15) is 37.8 Å². The molecule has 0 saturated carbocycles. The van der Waals surface area contributed by atoms with E-state index in [0.29, 0.717) is 16.9 Å². The van der Waals surface area contributed by atoms with Crippen LogP contribution < -0.4 is 9.80 Å². The second kappa shape index (κ2) is 10.1. The van der Waals surface area contributed by atoms with Crippen LogP contribution in [0.4, 0.5) is 15.5 Å². The van der Waals surface area contributed by atoms with Crippen LogP contribution in [0.5, 0.6) is 0 Å². The Balaban J connectivity index is 1.51. The van der Waals surface area contributed by atoms with E-state index in [9.17, 15) is 19.5 Å². The van der Waals surface area contributed by atoms with Gasteiger partial charge in [0, 0.05) is 40.7 Å². The quantitative estimate of drug-likeness (QED) is 0.208. The molecule has 8 nitrogen and oxygen atoms in total. The number of esters is 1. The smallest absolute Gasteiger partial charge is 0.304 e. The average Bonchev–Trinajstić information content (AvgIpc) is 3.25. The average molecular weight is 620 g/mol. The predicted octanol–water partition coefficient (Wildman–Crippen LogP) is 4.78. The SMILES string of the molecule is CC(=O)OC1CC(=O)N1c1cccc(CN2C(=O)[C@@]3(O[C@@H](CCO)[C@H]([Si](C)(C)F)[C@H]3C)c3cc(Br)ccc32)c1. The van der Waals surface area contributed by atoms with Crippen molar-refractivity contribution in [1.82, 2.24) is 0 Å². The largest absolute Gasteiger partial charge is 0.441 e. The van der Waals surface area contributed by atoms with E-state index in [-0.39, 0.29) is 37.8 Å². The Morgan fingerprint density at radius 3 is 2.64 bits per heavy atom. The van der Waals surface area contributed by atoms with E-state index in [1.54, 1.807) is 36.2 Å². The molecule has 2 saturated heterocycles. The summed E-state index contributed by atoms with van der Waals surface area (Å²) < 4.78 is 28.2. The Morgan fingerprint density at radius 2 is 2.00 bits per heavy atom. The first-order chi connectivity index (χ1) is 18.4. The highest BCUT2D eigenvalue weighted by molar-refractivity contribution is 9.10. The molecule has 0 aliphatic carbocycles. The molecule has 5 rings (SSSR count). The number of amides is 2. The Kier molecular flexibility index (Phi) is 7.24. The van der Waals surface area contributed by atoms with Crippen LogP contribution in [0.15, 0.2) is 46.9 Å². The van der Waals surface area contributed by atoms with E-state index in [1.807, 2.05) is 31.2 Å². The van der Waals surface area contributed by atoms with Gasteiger partial charge in [0.25, 0.3) is 5.91 Å². The van der Waals surface area contributed by atoms with Gasteiger partial charge in [-0.05, 0) is 55.4 Å². The molecular formula is C28H32BrFN2O6Si. The van der Waals surface area contributed by atoms with Gasteiger partial charge in [-0.15, -0.1) is 0 Å². The monoisotopic (exact) mass is 618 g/mol. The van der Waals surface area contributed by atoms with Crippen LogP contribution in [0.2, 0.25) is 18.6 Å². The lowest BCUT2D eigenvalue weighted by Crippen LogP contribution is -2.54. The molecular weight excluding hydrogens is 587 g/mol. The highest BCUT2D eigenvalue weighted by Crippen LogP contribution is 2.60. The van der Waals surface area contributed by atoms with Gasteiger partial charge in [0.1, 0.15) is 0 Å². The molecule has 3 aliphatic rings. The van der Waals surface area contributed by atoms with Crippen molar-refractivity contribution in [2.75, 3.05) is 16.4 Å². The molecule has 2 fully saturated rings. The van der Waals surface area contributed by atoms with E-state index in [0.717, 1.165) is 10.0 Å². The summed E-state index contributed by atoms with van der Waals surface area (Å²) in [4.78, 5) is 41.2. The Labute approximate surface area is 236 Å². The summed E-state index contributed by atoms with van der Waals surface area (Å²) in [6.45, 7) is 6.49. The minimum absolute atomic E-state index is 0.124. The molecule has 5 atom stereocenters. The predicted molar refractivity (Wildman–Crippen MR) is 149 cm³/mol. The van der Waals surface area contributed by atoms with E-state index in [2.05, 4.69) is 15.9 Å². The normalized spacial score (nSPS) is 28.2. The summed E-state index contributed by atoms with van der Waals surface area (Å²) in [5.74, 6) is -1.33. The Hall–Kier alpha value is -2.60. The van der Waals surface area contributed by atoms with Gasteiger partial charge in [0.2, 0.25) is 14.3 Å². The third kappa shape index (κ3) is 4.62. The van der Waals surface area contributed by atoms with Crippen LogP contribution in [-0.2, 0) is 36.0 Å². The molecule has 3 aliphatic heterocycles. The first kappa shape index (κ1) is 27.9.